The van der Waals surface area contributed by atoms with Crippen LogP contribution in [0.1, 0.15) is 42.0 Å². The molecule has 1 atom stereocenters. The van der Waals surface area contributed by atoms with Crippen LogP contribution in [0.15, 0.2) is 53.5 Å². The van der Waals surface area contributed by atoms with Crippen LogP contribution in [0.2, 0.25) is 0 Å². The van der Waals surface area contributed by atoms with E-state index in [0.29, 0.717) is 19.2 Å². The fourth-order valence-electron chi connectivity index (χ4n) is 4.13. The van der Waals surface area contributed by atoms with Crippen molar-refractivity contribution in [2.75, 3.05) is 40.9 Å². The summed E-state index contributed by atoms with van der Waals surface area (Å²) in [6.07, 6.45) is 3.84. The van der Waals surface area contributed by atoms with E-state index in [1.54, 1.807) is 14.2 Å². The number of aliphatic imine (C=N–C) groups is 1. The summed E-state index contributed by atoms with van der Waals surface area (Å²) in [6, 6.07) is 17.1. The molecule has 0 amide bonds. The van der Waals surface area contributed by atoms with Crippen molar-refractivity contribution in [3.8, 4) is 5.75 Å². The van der Waals surface area contributed by atoms with Gasteiger partial charge in [0.2, 0.25) is 0 Å². The zero-order valence-corrected chi connectivity index (χ0v) is 19.1. The van der Waals surface area contributed by atoms with Crippen LogP contribution in [0.4, 0.5) is 0 Å². The van der Waals surface area contributed by atoms with E-state index >= 15 is 0 Å². The molecule has 3 rings (SSSR count). The fraction of sp³-hybridized carbons (Fsp3) is 0.480. The minimum Gasteiger partial charge on any atom is -0.497 e. The molecule has 0 aromatic heterocycles. The lowest BCUT2D eigenvalue weighted by atomic mass is 10.0. The van der Waals surface area contributed by atoms with Gasteiger partial charge in [0.25, 0.3) is 0 Å². The van der Waals surface area contributed by atoms with Crippen molar-refractivity contribution in [1.82, 2.24) is 15.5 Å². The summed E-state index contributed by atoms with van der Waals surface area (Å²) in [5.74, 6) is 1.70. The number of nitrogens with one attached hydrogen (secondary N) is 2. The molecule has 1 unspecified atom stereocenters. The second-order valence-electron chi connectivity index (χ2n) is 7.89. The molecule has 0 saturated carbocycles. The van der Waals surface area contributed by atoms with Crippen molar-refractivity contribution in [3.05, 3.63) is 65.2 Å². The van der Waals surface area contributed by atoms with E-state index in [2.05, 4.69) is 50.9 Å². The van der Waals surface area contributed by atoms with Gasteiger partial charge in [-0.15, -0.1) is 0 Å². The van der Waals surface area contributed by atoms with Gasteiger partial charge in [0.15, 0.2) is 5.96 Å². The van der Waals surface area contributed by atoms with Crippen molar-refractivity contribution >= 4 is 5.96 Å². The Morgan fingerprint density at radius 3 is 2.32 bits per heavy atom. The Hall–Kier alpha value is -2.57. The average molecular weight is 425 g/mol. The largest absolute Gasteiger partial charge is 0.497 e. The van der Waals surface area contributed by atoms with Crippen molar-refractivity contribution in [3.63, 3.8) is 0 Å². The zero-order valence-electron chi connectivity index (χ0n) is 19.1. The maximum Gasteiger partial charge on any atom is 0.191 e. The van der Waals surface area contributed by atoms with Gasteiger partial charge in [-0.3, -0.25) is 9.89 Å². The van der Waals surface area contributed by atoms with E-state index in [-0.39, 0.29) is 0 Å². The first kappa shape index (κ1) is 23.1. The quantitative estimate of drug-likeness (QED) is 0.474. The number of rotatable bonds is 9. The number of nitrogens with zero attached hydrogens (tertiary/aromatic N) is 2. The number of likely N-dealkylation sites (tertiary alicyclic amines) is 1. The Morgan fingerprint density at radius 2 is 1.68 bits per heavy atom. The first-order chi connectivity index (χ1) is 15.2. The second-order valence-corrected chi connectivity index (χ2v) is 7.89. The van der Waals surface area contributed by atoms with Crippen molar-refractivity contribution in [2.45, 2.75) is 38.5 Å². The summed E-state index contributed by atoms with van der Waals surface area (Å²) >= 11 is 0. The van der Waals surface area contributed by atoms with Gasteiger partial charge >= 0.3 is 0 Å². The predicted octanol–water partition coefficient (Wildman–Crippen LogP) is 3.73. The molecule has 31 heavy (non-hydrogen) atoms. The molecule has 0 spiro atoms. The number of hydrogen-bond acceptors (Lipinski definition) is 4. The fourth-order valence-corrected chi connectivity index (χ4v) is 4.13. The Kier molecular flexibility index (Phi) is 9.18. The van der Waals surface area contributed by atoms with Crippen LogP contribution in [0.3, 0.4) is 0 Å². The van der Waals surface area contributed by atoms with E-state index in [4.69, 9.17) is 9.47 Å². The lowest BCUT2D eigenvalue weighted by molar-refractivity contribution is 0.164. The first-order valence-electron chi connectivity index (χ1n) is 11.1. The summed E-state index contributed by atoms with van der Waals surface area (Å²) < 4.78 is 10.7. The highest BCUT2D eigenvalue weighted by molar-refractivity contribution is 5.79. The third-order valence-corrected chi connectivity index (χ3v) is 5.88. The van der Waals surface area contributed by atoms with Crippen LogP contribution < -0.4 is 15.4 Å². The van der Waals surface area contributed by atoms with Gasteiger partial charge in [0.1, 0.15) is 5.75 Å². The Bertz CT molecular complexity index is 817. The second kappa shape index (κ2) is 12.3. The molecule has 0 radical (unpaired) electrons. The van der Waals surface area contributed by atoms with Gasteiger partial charge in [0, 0.05) is 27.2 Å². The van der Waals surface area contributed by atoms with Crippen LogP contribution in [0.5, 0.6) is 5.75 Å². The molecule has 2 aromatic carbocycles. The van der Waals surface area contributed by atoms with Crippen LogP contribution in [-0.2, 0) is 17.9 Å². The Balaban J connectivity index is 1.64. The zero-order chi connectivity index (χ0) is 21.9. The maximum atomic E-state index is 5.34. The van der Waals surface area contributed by atoms with Crippen molar-refractivity contribution < 1.29 is 9.47 Å². The molecule has 6 heteroatoms. The minimum atomic E-state index is 0.297. The highest BCUT2D eigenvalue weighted by Gasteiger charge is 2.22. The maximum absolute atomic E-state index is 5.34. The van der Waals surface area contributed by atoms with Gasteiger partial charge in [-0.25, -0.2) is 0 Å². The number of benzene rings is 2. The summed E-state index contributed by atoms with van der Waals surface area (Å²) in [5, 5.41) is 7.01. The van der Waals surface area contributed by atoms with Gasteiger partial charge < -0.3 is 20.1 Å². The summed E-state index contributed by atoms with van der Waals surface area (Å²) in [7, 11) is 5.25. The molecular weight excluding hydrogens is 388 g/mol. The molecule has 6 nitrogen and oxygen atoms in total. The van der Waals surface area contributed by atoms with Crippen LogP contribution in [-0.4, -0.2) is 51.8 Å². The highest BCUT2D eigenvalue weighted by atomic mass is 16.5. The molecule has 1 aliphatic heterocycles. The molecular formula is C25H36N4O2. The smallest absolute Gasteiger partial charge is 0.191 e. The first-order valence-corrected chi connectivity index (χ1v) is 11.1. The van der Waals surface area contributed by atoms with E-state index < -0.39 is 0 Å². The van der Waals surface area contributed by atoms with Crippen LogP contribution in [0, 0.1) is 0 Å². The Labute approximate surface area is 186 Å². The van der Waals surface area contributed by atoms with Crippen LogP contribution in [0.25, 0.3) is 0 Å². The number of methoxy groups -OCH3 is 2. The van der Waals surface area contributed by atoms with Crippen molar-refractivity contribution in [2.24, 2.45) is 4.99 Å². The van der Waals surface area contributed by atoms with Crippen LogP contribution >= 0.6 is 0 Å². The lowest BCUT2D eigenvalue weighted by Crippen LogP contribution is -2.44. The molecule has 2 aromatic rings. The van der Waals surface area contributed by atoms with Gasteiger partial charge in [-0.2, -0.15) is 0 Å². The Morgan fingerprint density at radius 1 is 0.968 bits per heavy atom. The third-order valence-electron chi connectivity index (χ3n) is 5.88. The number of hydrogen-bond donors (Lipinski definition) is 2. The van der Waals surface area contributed by atoms with Gasteiger partial charge in [0.05, 0.1) is 19.8 Å². The molecule has 0 bridgehead atoms. The van der Waals surface area contributed by atoms with E-state index in [9.17, 15) is 0 Å². The normalized spacial score (nSPS) is 16.0. The lowest BCUT2D eigenvalue weighted by Gasteiger charge is -2.35. The minimum absolute atomic E-state index is 0.297. The van der Waals surface area contributed by atoms with Gasteiger partial charge in [-0.05, 0) is 54.8 Å². The molecule has 1 fully saturated rings. The van der Waals surface area contributed by atoms with Crippen molar-refractivity contribution in [1.29, 1.82) is 0 Å². The van der Waals surface area contributed by atoms with E-state index in [1.165, 1.54) is 36.0 Å². The topological polar surface area (TPSA) is 58.1 Å². The molecule has 1 aliphatic rings. The number of piperidine rings is 1. The number of guanidine groups is 1. The standard InChI is InChI=1S/C25H36N4O2/c1-26-25(27-17-21-9-5-6-10-22(21)19-30-2)28-18-24(29-15-7-4-8-16-29)20-11-13-23(31-3)14-12-20/h5-6,9-14,24H,4,7-8,15-19H2,1-3H3,(H2,26,27,28). The predicted molar refractivity (Wildman–Crippen MR) is 127 cm³/mol. The average Bonchev–Trinajstić information content (AvgIpc) is 2.83. The number of ether oxygens (including phenoxy) is 2. The van der Waals surface area contributed by atoms with Gasteiger partial charge in [-0.1, -0.05) is 42.8 Å². The molecule has 1 saturated heterocycles. The molecule has 168 valence electrons. The van der Waals surface area contributed by atoms with E-state index in [0.717, 1.165) is 31.3 Å². The third kappa shape index (κ3) is 6.71. The van der Waals surface area contributed by atoms with E-state index in [1.807, 2.05) is 25.2 Å². The molecule has 2 N–H and O–H groups in total. The highest BCUT2D eigenvalue weighted by Crippen LogP contribution is 2.25. The monoisotopic (exact) mass is 424 g/mol. The summed E-state index contributed by atoms with van der Waals surface area (Å²) in [5.41, 5.74) is 3.71. The summed E-state index contributed by atoms with van der Waals surface area (Å²) in [4.78, 5) is 7.02. The molecule has 0 aliphatic carbocycles. The summed E-state index contributed by atoms with van der Waals surface area (Å²) in [6.45, 7) is 4.38. The SMILES string of the molecule is CN=C(NCc1ccccc1COC)NCC(c1ccc(OC)cc1)N1CCCCC1. The molecule has 1 heterocycles.